The Hall–Kier alpha value is -5.22. The molecule has 0 unspecified atom stereocenters. The number of fused-ring (bicyclic) bond motifs is 5. The van der Waals surface area contributed by atoms with Crippen molar-refractivity contribution in [1.29, 1.82) is 0 Å². The molecule has 216 valence electrons. The molecule has 0 fully saturated rings. The molecule has 9 rings (SSSR count). The molecule has 2 aliphatic heterocycles. The summed E-state index contributed by atoms with van der Waals surface area (Å²) in [6.07, 6.45) is 4.58. The molecule has 0 N–H and O–H groups in total. The molecule has 2 heterocycles. The average Bonchev–Trinajstić information content (AvgIpc) is 3.09. The molecule has 6 aromatic carbocycles. The van der Waals surface area contributed by atoms with Gasteiger partial charge in [-0.3, -0.25) is 0 Å². The largest absolute Gasteiger partial charge is 0.458 e. The van der Waals surface area contributed by atoms with Crippen LogP contribution >= 0.6 is 0 Å². The number of para-hydroxylation sites is 2. The van der Waals surface area contributed by atoms with Gasteiger partial charge >= 0.3 is 0 Å². The molecule has 0 bridgehead atoms. The molecular formula is C41H32BNO2. The number of aryl methyl sites for hydroxylation is 2. The monoisotopic (exact) mass is 581 g/mol. The Morgan fingerprint density at radius 1 is 0.578 bits per heavy atom. The van der Waals surface area contributed by atoms with Crippen molar-refractivity contribution in [3.05, 3.63) is 144 Å². The molecule has 0 saturated carbocycles. The summed E-state index contributed by atoms with van der Waals surface area (Å²) in [6.45, 7) is 2.20. The molecule has 0 amide bonds. The second-order valence-corrected chi connectivity index (χ2v) is 12.4. The molecular weight excluding hydrogens is 549 g/mol. The fourth-order valence-electron chi connectivity index (χ4n) is 7.52. The van der Waals surface area contributed by atoms with Crippen molar-refractivity contribution in [1.82, 2.24) is 0 Å². The van der Waals surface area contributed by atoms with Gasteiger partial charge in [-0.1, -0.05) is 96.6 Å². The highest BCUT2D eigenvalue weighted by Crippen LogP contribution is 2.48. The van der Waals surface area contributed by atoms with Gasteiger partial charge in [0.1, 0.15) is 23.0 Å². The van der Waals surface area contributed by atoms with E-state index in [4.69, 9.17) is 9.47 Å². The van der Waals surface area contributed by atoms with Crippen molar-refractivity contribution in [2.24, 2.45) is 0 Å². The fourth-order valence-corrected chi connectivity index (χ4v) is 7.52. The van der Waals surface area contributed by atoms with Gasteiger partial charge in [0.25, 0.3) is 6.71 Å². The SMILES string of the molecule is Cc1ccc(N(c2cc3c4c(c2)Oc2ccccc2B4c2ccccc2O3)c2c(-c3ccccc3)ccc3c2CCCC3)cc1. The van der Waals surface area contributed by atoms with Crippen LogP contribution in [-0.2, 0) is 12.8 Å². The van der Waals surface area contributed by atoms with Crippen molar-refractivity contribution in [3.63, 3.8) is 0 Å². The average molecular weight is 582 g/mol. The zero-order valence-electron chi connectivity index (χ0n) is 25.3. The first-order valence-corrected chi connectivity index (χ1v) is 16.0. The maximum Gasteiger partial charge on any atom is 0.260 e. The van der Waals surface area contributed by atoms with Crippen LogP contribution in [0, 0.1) is 6.92 Å². The van der Waals surface area contributed by atoms with Crippen LogP contribution < -0.4 is 30.8 Å². The third kappa shape index (κ3) is 4.28. The van der Waals surface area contributed by atoms with Gasteiger partial charge in [0.05, 0.1) is 11.4 Å². The minimum absolute atomic E-state index is 0.0520. The van der Waals surface area contributed by atoms with Crippen LogP contribution in [0.15, 0.2) is 127 Å². The Bertz CT molecular complexity index is 2020. The molecule has 3 nitrogen and oxygen atoms in total. The van der Waals surface area contributed by atoms with E-state index in [9.17, 15) is 0 Å². The minimum Gasteiger partial charge on any atom is -0.458 e. The Morgan fingerprint density at radius 3 is 1.89 bits per heavy atom. The van der Waals surface area contributed by atoms with Crippen LogP contribution in [0.25, 0.3) is 11.1 Å². The number of rotatable bonds is 4. The number of hydrogen-bond donors (Lipinski definition) is 0. The van der Waals surface area contributed by atoms with Crippen LogP contribution in [-0.4, -0.2) is 6.71 Å². The van der Waals surface area contributed by atoms with Crippen molar-refractivity contribution in [2.75, 3.05) is 4.90 Å². The Kier molecular flexibility index (Phi) is 6.09. The highest BCUT2D eigenvalue weighted by Gasteiger charge is 2.40. The van der Waals surface area contributed by atoms with Gasteiger partial charge < -0.3 is 14.4 Å². The molecule has 0 aromatic heterocycles. The lowest BCUT2D eigenvalue weighted by molar-refractivity contribution is 0.465. The van der Waals surface area contributed by atoms with E-state index in [0.29, 0.717) is 0 Å². The van der Waals surface area contributed by atoms with Gasteiger partial charge in [-0.15, -0.1) is 0 Å². The summed E-state index contributed by atoms with van der Waals surface area (Å²) in [4.78, 5) is 2.45. The first-order valence-electron chi connectivity index (χ1n) is 16.0. The lowest BCUT2D eigenvalue weighted by atomic mass is 9.35. The summed E-state index contributed by atoms with van der Waals surface area (Å²) in [5.74, 6) is 3.50. The zero-order valence-corrected chi connectivity index (χ0v) is 25.3. The summed E-state index contributed by atoms with van der Waals surface area (Å²) < 4.78 is 13.5. The summed E-state index contributed by atoms with van der Waals surface area (Å²) in [6, 6.07) is 45.7. The van der Waals surface area contributed by atoms with Gasteiger partial charge in [-0.25, -0.2) is 0 Å². The lowest BCUT2D eigenvalue weighted by Gasteiger charge is -2.36. The maximum atomic E-state index is 6.74. The Morgan fingerprint density at radius 2 is 1.20 bits per heavy atom. The van der Waals surface area contributed by atoms with Gasteiger partial charge in [0, 0.05) is 28.8 Å². The first-order chi connectivity index (χ1) is 22.2. The van der Waals surface area contributed by atoms with E-state index in [1.54, 1.807) is 0 Å². The predicted octanol–water partition coefficient (Wildman–Crippen LogP) is 8.74. The van der Waals surface area contributed by atoms with E-state index in [-0.39, 0.29) is 6.71 Å². The zero-order chi connectivity index (χ0) is 29.9. The highest BCUT2D eigenvalue weighted by molar-refractivity contribution is 6.98. The summed E-state index contributed by atoms with van der Waals surface area (Å²) >= 11 is 0. The molecule has 3 aliphatic rings. The molecule has 4 heteroatoms. The van der Waals surface area contributed by atoms with E-state index in [0.717, 1.165) is 52.7 Å². The molecule has 6 aromatic rings. The molecule has 45 heavy (non-hydrogen) atoms. The Balaban J connectivity index is 1.32. The Labute approximate surface area is 264 Å². The van der Waals surface area contributed by atoms with E-state index in [2.05, 4.69) is 139 Å². The molecule has 0 radical (unpaired) electrons. The van der Waals surface area contributed by atoms with Crippen molar-refractivity contribution in [3.8, 4) is 34.1 Å². The molecule has 0 atom stereocenters. The normalized spacial score (nSPS) is 13.8. The standard InChI is InChI=1S/C41H32BNO2/c1-27-19-22-30(23-20-27)43(41-32-14-6-5-13-29(32)21-24-33(41)28-11-3-2-4-12-28)31-25-38-40-39(26-31)45-37-18-10-8-16-35(37)42(40)34-15-7-9-17-36(34)44-38/h2-4,7-12,15-26H,5-6,13-14H2,1H3. The molecule has 0 saturated heterocycles. The lowest BCUT2D eigenvalue weighted by Crippen LogP contribution is -2.57. The number of hydrogen-bond acceptors (Lipinski definition) is 3. The quantitative estimate of drug-likeness (QED) is 0.194. The van der Waals surface area contributed by atoms with Gasteiger partial charge in [-0.2, -0.15) is 0 Å². The maximum absolute atomic E-state index is 6.74. The molecule has 0 spiro atoms. The second-order valence-electron chi connectivity index (χ2n) is 12.4. The smallest absolute Gasteiger partial charge is 0.260 e. The van der Waals surface area contributed by atoms with E-state index in [1.807, 2.05) is 0 Å². The van der Waals surface area contributed by atoms with Crippen LogP contribution in [0.4, 0.5) is 17.1 Å². The summed E-state index contributed by atoms with van der Waals surface area (Å²) in [5, 5.41) is 0. The fraction of sp³-hybridized carbons (Fsp3) is 0.122. The van der Waals surface area contributed by atoms with Crippen LogP contribution in [0.5, 0.6) is 23.0 Å². The molecule has 1 aliphatic carbocycles. The summed E-state index contributed by atoms with van der Waals surface area (Å²) in [5.41, 5.74) is 13.4. The number of nitrogens with zero attached hydrogens (tertiary/aromatic N) is 1. The highest BCUT2D eigenvalue weighted by atomic mass is 16.5. The third-order valence-electron chi connectivity index (χ3n) is 9.64. The second kappa shape index (κ2) is 10.5. The van der Waals surface area contributed by atoms with Crippen molar-refractivity contribution >= 4 is 40.2 Å². The van der Waals surface area contributed by atoms with Gasteiger partial charge in [0.2, 0.25) is 0 Å². The number of ether oxygens (including phenoxy) is 2. The van der Waals surface area contributed by atoms with Gasteiger partial charge in [0.15, 0.2) is 0 Å². The first kappa shape index (κ1) is 26.2. The van der Waals surface area contributed by atoms with Gasteiger partial charge in [-0.05, 0) is 84.5 Å². The topological polar surface area (TPSA) is 21.7 Å². The predicted molar refractivity (Wildman–Crippen MR) is 186 cm³/mol. The minimum atomic E-state index is 0.0520. The van der Waals surface area contributed by atoms with E-state index < -0.39 is 0 Å². The third-order valence-corrected chi connectivity index (χ3v) is 9.64. The number of anilines is 3. The van der Waals surface area contributed by atoms with Crippen molar-refractivity contribution < 1.29 is 9.47 Å². The van der Waals surface area contributed by atoms with E-state index >= 15 is 0 Å². The summed E-state index contributed by atoms with van der Waals surface area (Å²) in [7, 11) is 0. The number of benzene rings is 6. The van der Waals surface area contributed by atoms with Crippen LogP contribution in [0.3, 0.4) is 0 Å². The van der Waals surface area contributed by atoms with E-state index in [1.165, 1.54) is 57.3 Å². The van der Waals surface area contributed by atoms with Crippen LogP contribution in [0.2, 0.25) is 0 Å². The van der Waals surface area contributed by atoms with Crippen LogP contribution in [0.1, 0.15) is 29.5 Å². The van der Waals surface area contributed by atoms with Crippen molar-refractivity contribution in [2.45, 2.75) is 32.6 Å².